The van der Waals surface area contributed by atoms with E-state index in [1.165, 1.54) is 18.1 Å². The molecule has 0 aliphatic carbocycles. The number of para-hydroxylation sites is 1. The van der Waals surface area contributed by atoms with E-state index in [2.05, 4.69) is 15.1 Å². The van der Waals surface area contributed by atoms with Crippen molar-refractivity contribution in [3.05, 3.63) is 30.1 Å². The maximum absolute atomic E-state index is 14.3. The largest absolute Gasteiger partial charge is 0.493 e. The van der Waals surface area contributed by atoms with Gasteiger partial charge in [0, 0.05) is 12.1 Å². The van der Waals surface area contributed by atoms with E-state index in [0.29, 0.717) is 48.7 Å². The van der Waals surface area contributed by atoms with Gasteiger partial charge in [0.15, 0.2) is 17.4 Å². The fraction of sp³-hybridized carbons (Fsp3) is 0.522. The second kappa shape index (κ2) is 7.88. The molecular formula is C23H29FN4O4. The highest BCUT2D eigenvalue weighted by molar-refractivity contribution is 5.94. The van der Waals surface area contributed by atoms with Crippen molar-refractivity contribution >= 4 is 17.6 Å². The highest BCUT2D eigenvalue weighted by atomic mass is 19.1. The van der Waals surface area contributed by atoms with Gasteiger partial charge in [-0.3, -0.25) is 4.90 Å². The molecule has 8 nitrogen and oxygen atoms in total. The number of methoxy groups -OCH3 is 1. The highest BCUT2D eigenvalue weighted by Crippen LogP contribution is 2.47. The number of fused-ring (bicyclic) bond motifs is 3. The van der Waals surface area contributed by atoms with Crippen LogP contribution in [0.2, 0.25) is 0 Å². The molecule has 3 heterocycles. The van der Waals surface area contributed by atoms with E-state index in [-0.39, 0.29) is 5.75 Å². The fourth-order valence-electron chi connectivity index (χ4n) is 4.62. The van der Waals surface area contributed by atoms with Crippen molar-refractivity contribution in [1.82, 2.24) is 10.2 Å². The topological polar surface area (TPSA) is 88.0 Å². The van der Waals surface area contributed by atoms with E-state index in [1.807, 2.05) is 27.7 Å². The molecule has 172 valence electrons. The molecule has 2 aliphatic heterocycles. The van der Waals surface area contributed by atoms with Gasteiger partial charge in [0.25, 0.3) is 0 Å². The molecule has 0 spiro atoms. The van der Waals surface area contributed by atoms with Crippen molar-refractivity contribution in [3.63, 3.8) is 0 Å². The molecule has 1 saturated heterocycles. The summed E-state index contributed by atoms with van der Waals surface area (Å²) in [5.41, 5.74) is 0.384. The zero-order valence-corrected chi connectivity index (χ0v) is 19.1. The van der Waals surface area contributed by atoms with Crippen molar-refractivity contribution < 1.29 is 23.8 Å². The van der Waals surface area contributed by atoms with Gasteiger partial charge in [-0.25, -0.2) is 9.18 Å². The number of benzene rings is 1. The van der Waals surface area contributed by atoms with Crippen LogP contribution in [-0.2, 0) is 4.74 Å². The lowest BCUT2D eigenvalue weighted by Gasteiger charge is -2.47. The highest BCUT2D eigenvalue weighted by Gasteiger charge is 2.51. The van der Waals surface area contributed by atoms with Crippen LogP contribution in [-0.4, -0.2) is 58.8 Å². The number of nitrogens with zero attached hydrogens (tertiary/aromatic N) is 4. The van der Waals surface area contributed by atoms with Gasteiger partial charge in [0.2, 0.25) is 0 Å². The molecule has 0 saturated carbocycles. The summed E-state index contributed by atoms with van der Waals surface area (Å²) in [6, 6.07) is 6.38. The Labute approximate surface area is 186 Å². The van der Waals surface area contributed by atoms with Crippen molar-refractivity contribution in [2.24, 2.45) is 0 Å². The number of carbonyl (C=O) groups is 1. The summed E-state index contributed by atoms with van der Waals surface area (Å²) in [5.74, 6) is -0.0688. The zero-order valence-electron chi connectivity index (χ0n) is 19.1. The van der Waals surface area contributed by atoms with Crippen molar-refractivity contribution in [2.75, 3.05) is 30.0 Å². The molecule has 1 amide bonds. The summed E-state index contributed by atoms with van der Waals surface area (Å²) in [6.45, 7) is 8.20. The van der Waals surface area contributed by atoms with Gasteiger partial charge in [-0.1, -0.05) is 13.0 Å². The van der Waals surface area contributed by atoms with Crippen LogP contribution in [0.15, 0.2) is 24.3 Å². The fourth-order valence-corrected chi connectivity index (χ4v) is 4.62. The van der Waals surface area contributed by atoms with E-state index in [9.17, 15) is 14.3 Å². The monoisotopic (exact) mass is 444 g/mol. The summed E-state index contributed by atoms with van der Waals surface area (Å²) in [5, 5.41) is 19.2. The second-order valence-corrected chi connectivity index (χ2v) is 9.37. The molecule has 9 heteroatoms. The van der Waals surface area contributed by atoms with Crippen molar-refractivity contribution in [2.45, 2.75) is 57.8 Å². The summed E-state index contributed by atoms with van der Waals surface area (Å²) in [4.78, 5) is 16.7. The summed E-state index contributed by atoms with van der Waals surface area (Å²) in [7, 11) is 1.40. The van der Waals surface area contributed by atoms with Crippen molar-refractivity contribution in [3.8, 4) is 17.0 Å². The van der Waals surface area contributed by atoms with Crippen LogP contribution in [0.4, 0.5) is 20.7 Å². The first kappa shape index (κ1) is 22.3. The number of hydrogen-bond donors (Lipinski definition) is 1. The van der Waals surface area contributed by atoms with E-state index < -0.39 is 29.2 Å². The molecule has 32 heavy (non-hydrogen) atoms. The second-order valence-electron chi connectivity index (χ2n) is 9.37. The Kier molecular flexibility index (Phi) is 5.48. The van der Waals surface area contributed by atoms with Gasteiger partial charge < -0.3 is 19.5 Å². The van der Waals surface area contributed by atoms with E-state index >= 15 is 0 Å². The number of rotatable bonds is 3. The summed E-state index contributed by atoms with van der Waals surface area (Å²) >= 11 is 0. The van der Waals surface area contributed by atoms with Crippen LogP contribution in [0.5, 0.6) is 5.75 Å². The number of β-amino-alcohol motifs (C(OH)–C–C–N with tert-alkyl or cyclic N) is 1. The SMILES string of the molecule is CC[C@]12C[C@@H](O)CN1c1cc(-c3cccc(F)c3OC)nnc1N(C(=O)OC(C)(C)C)C2. The van der Waals surface area contributed by atoms with Crippen LogP contribution in [0.25, 0.3) is 11.3 Å². The third-order valence-electron chi connectivity index (χ3n) is 6.05. The number of halogens is 1. The van der Waals surface area contributed by atoms with Crippen LogP contribution < -0.4 is 14.5 Å². The van der Waals surface area contributed by atoms with E-state index in [1.54, 1.807) is 18.2 Å². The Morgan fingerprint density at radius 2 is 2.09 bits per heavy atom. The van der Waals surface area contributed by atoms with Gasteiger partial charge in [0.1, 0.15) is 5.60 Å². The third-order valence-corrected chi connectivity index (χ3v) is 6.05. The number of ether oxygens (including phenoxy) is 2. The van der Waals surface area contributed by atoms with Gasteiger partial charge >= 0.3 is 6.09 Å². The van der Waals surface area contributed by atoms with Gasteiger partial charge in [-0.05, 0) is 51.8 Å². The molecule has 0 unspecified atom stereocenters. The Bertz CT molecular complexity index is 1040. The number of hydrogen-bond acceptors (Lipinski definition) is 7. The third kappa shape index (κ3) is 3.74. The van der Waals surface area contributed by atoms with Gasteiger partial charge in [-0.15, -0.1) is 10.2 Å². The molecule has 2 atom stereocenters. The Morgan fingerprint density at radius 1 is 1.34 bits per heavy atom. The van der Waals surface area contributed by atoms with E-state index in [0.717, 1.165) is 0 Å². The van der Waals surface area contributed by atoms with Crippen LogP contribution in [0.1, 0.15) is 40.5 Å². The number of carbonyl (C=O) groups excluding carboxylic acids is 1. The number of anilines is 2. The Balaban J connectivity index is 1.86. The molecule has 1 fully saturated rings. The van der Waals surface area contributed by atoms with Gasteiger partial charge in [0.05, 0.1) is 36.7 Å². The smallest absolute Gasteiger partial charge is 0.416 e. The van der Waals surface area contributed by atoms with Crippen LogP contribution >= 0.6 is 0 Å². The quantitative estimate of drug-likeness (QED) is 0.771. The maximum atomic E-state index is 14.3. The molecule has 1 N–H and O–H groups in total. The number of aliphatic hydroxyl groups excluding tert-OH is 1. The predicted octanol–water partition coefficient (Wildman–Crippen LogP) is 3.77. The predicted molar refractivity (Wildman–Crippen MR) is 119 cm³/mol. The average molecular weight is 445 g/mol. The molecule has 1 aromatic carbocycles. The molecule has 0 radical (unpaired) electrons. The van der Waals surface area contributed by atoms with Crippen molar-refractivity contribution in [1.29, 1.82) is 0 Å². The number of amides is 1. The summed E-state index contributed by atoms with van der Waals surface area (Å²) in [6.07, 6.45) is 0.173. The lowest BCUT2D eigenvalue weighted by molar-refractivity contribution is 0.0565. The normalized spacial score (nSPS) is 22.4. The first-order valence-electron chi connectivity index (χ1n) is 10.8. The first-order valence-corrected chi connectivity index (χ1v) is 10.8. The minimum absolute atomic E-state index is 0.0739. The average Bonchev–Trinajstić information content (AvgIpc) is 3.08. The first-order chi connectivity index (χ1) is 15.1. The molecular weight excluding hydrogens is 415 g/mol. The Morgan fingerprint density at radius 3 is 2.75 bits per heavy atom. The molecule has 4 rings (SSSR count). The molecule has 0 bridgehead atoms. The molecule has 2 aromatic rings. The zero-order chi connectivity index (χ0) is 23.3. The lowest BCUT2D eigenvalue weighted by atomic mass is 9.89. The summed E-state index contributed by atoms with van der Waals surface area (Å²) < 4.78 is 25.2. The van der Waals surface area contributed by atoms with Gasteiger partial charge in [-0.2, -0.15) is 0 Å². The Hall–Kier alpha value is -2.94. The minimum atomic E-state index is -0.675. The molecule has 2 aliphatic rings. The minimum Gasteiger partial charge on any atom is -0.493 e. The number of aliphatic hydroxyl groups is 1. The maximum Gasteiger partial charge on any atom is 0.416 e. The lowest BCUT2D eigenvalue weighted by Crippen LogP contribution is -2.58. The molecule has 1 aromatic heterocycles. The van der Waals surface area contributed by atoms with E-state index in [4.69, 9.17) is 9.47 Å². The van der Waals surface area contributed by atoms with Crippen LogP contribution in [0, 0.1) is 5.82 Å². The van der Waals surface area contributed by atoms with Crippen LogP contribution in [0.3, 0.4) is 0 Å². The standard InChI is InChI=1S/C23H29FN4O4/c1-6-23-11-14(29)12-28(23)18-10-17(15-8-7-9-16(24)19(15)31-5)25-26-20(18)27(13-23)21(30)32-22(2,3)4/h7-10,14,29H,6,11-13H2,1-5H3/t14-,23-/m1/s1. The number of aromatic nitrogens is 2.